The molecule has 0 saturated carbocycles. The average Bonchev–Trinajstić information content (AvgIpc) is 2.42. The first kappa shape index (κ1) is 23.3. The summed E-state index contributed by atoms with van der Waals surface area (Å²) in [5.41, 5.74) is 0.404. The van der Waals surface area contributed by atoms with Gasteiger partial charge >= 0.3 is 103 Å². The summed E-state index contributed by atoms with van der Waals surface area (Å²) in [5.74, 6) is -3.81. The van der Waals surface area contributed by atoms with Crippen molar-refractivity contribution >= 4 is 11.9 Å². The zero-order valence-electron chi connectivity index (χ0n) is 12.7. The Morgan fingerprint density at radius 2 is 1.13 bits per heavy atom. The number of rotatable bonds is 4. The molecule has 8 heteroatoms. The summed E-state index contributed by atoms with van der Waals surface area (Å²) in [7, 11) is 0. The number of aromatic carboxylic acids is 2. The minimum Gasteiger partial charge on any atom is -0.545 e. The van der Waals surface area contributed by atoms with Gasteiger partial charge in [0.05, 0.1) is 11.9 Å². The minimum absolute atomic E-state index is 0. The molecular formula is C15H10K2O6. The molecule has 0 unspecified atom stereocenters. The Balaban J connectivity index is 0.00000242. The smallest absolute Gasteiger partial charge is 0.545 e. The molecule has 108 valence electrons. The zero-order chi connectivity index (χ0) is 15.6. The van der Waals surface area contributed by atoms with Crippen molar-refractivity contribution in [3.05, 3.63) is 58.7 Å². The molecule has 0 radical (unpaired) electrons. The molecule has 0 saturated heterocycles. The Hall–Kier alpha value is 0.253. The molecule has 2 aromatic carbocycles. The summed E-state index contributed by atoms with van der Waals surface area (Å²) >= 11 is 0. The molecule has 2 aromatic rings. The van der Waals surface area contributed by atoms with Gasteiger partial charge < -0.3 is 30.0 Å². The minimum atomic E-state index is -1.50. The third-order valence-electron chi connectivity index (χ3n) is 2.97. The van der Waals surface area contributed by atoms with Gasteiger partial charge in [-0.15, -0.1) is 0 Å². The maximum absolute atomic E-state index is 10.8. The molecular weight excluding hydrogens is 354 g/mol. The summed E-state index contributed by atoms with van der Waals surface area (Å²) in [5, 5.41) is 40.4. The molecule has 0 atom stereocenters. The Morgan fingerprint density at radius 3 is 1.43 bits per heavy atom. The van der Waals surface area contributed by atoms with Crippen LogP contribution in [0.4, 0.5) is 0 Å². The van der Waals surface area contributed by atoms with Crippen molar-refractivity contribution in [1.82, 2.24) is 0 Å². The monoisotopic (exact) mass is 364 g/mol. The van der Waals surface area contributed by atoms with Crippen molar-refractivity contribution in [2.24, 2.45) is 0 Å². The predicted octanol–water partition coefficient (Wildman–Crippen LogP) is -6.58. The van der Waals surface area contributed by atoms with E-state index >= 15 is 0 Å². The standard InChI is InChI=1S/C15H12O6.2K/c16-12-3-1-8(6-10(12)14(18)19)5-9-2-4-13(17)11(7-9)15(20)21;;/h1-4,6-7,16-17H,5H2,(H,18,19)(H,20,21);;/q;2*+1/p-2. The Bertz CT molecular complexity index is 668. The van der Waals surface area contributed by atoms with E-state index < -0.39 is 23.4 Å². The van der Waals surface area contributed by atoms with E-state index in [1.165, 1.54) is 36.4 Å². The van der Waals surface area contributed by atoms with Gasteiger partial charge in [0.15, 0.2) is 0 Å². The number of phenols is 2. The fourth-order valence-corrected chi connectivity index (χ4v) is 1.95. The van der Waals surface area contributed by atoms with Gasteiger partial charge in [-0.05, 0) is 41.8 Å². The van der Waals surface area contributed by atoms with Crippen LogP contribution >= 0.6 is 0 Å². The number of aromatic hydroxyl groups is 2. The Morgan fingerprint density at radius 1 is 0.783 bits per heavy atom. The Labute approximate surface area is 217 Å². The van der Waals surface area contributed by atoms with Gasteiger partial charge in [0.2, 0.25) is 0 Å². The van der Waals surface area contributed by atoms with Crippen LogP contribution in [-0.2, 0) is 6.42 Å². The summed E-state index contributed by atoms with van der Waals surface area (Å²) < 4.78 is 0. The van der Waals surface area contributed by atoms with Crippen molar-refractivity contribution in [3.8, 4) is 11.5 Å². The number of carboxylic acids is 2. The van der Waals surface area contributed by atoms with E-state index in [1.54, 1.807) is 0 Å². The molecule has 0 spiro atoms. The number of carbonyl (C=O) groups is 2. The maximum Gasteiger partial charge on any atom is 1.00 e. The normalized spacial score (nSPS) is 9.39. The van der Waals surface area contributed by atoms with Crippen molar-refractivity contribution in [3.63, 3.8) is 0 Å². The van der Waals surface area contributed by atoms with E-state index in [1.807, 2.05) is 0 Å². The zero-order valence-corrected chi connectivity index (χ0v) is 18.9. The first-order chi connectivity index (χ1) is 9.88. The van der Waals surface area contributed by atoms with E-state index in [2.05, 4.69) is 0 Å². The van der Waals surface area contributed by atoms with Gasteiger partial charge in [-0.25, -0.2) is 0 Å². The first-order valence-corrected chi connectivity index (χ1v) is 5.95. The molecule has 0 aromatic heterocycles. The molecule has 0 fully saturated rings. The number of carbonyl (C=O) groups excluding carboxylic acids is 2. The fourth-order valence-electron chi connectivity index (χ4n) is 1.95. The third-order valence-corrected chi connectivity index (χ3v) is 2.97. The van der Waals surface area contributed by atoms with Gasteiger partial charge in [-0.3, -0.25) is 0 Å². The number of benzene rings is 2. The summed E-state index contributed by atoms with van der Waals surface area (Å²) in [6, 6.07) is 7.95. The van der Waals surface area contributed by atoms with E-state index in [4.69, 9.17) is 0 Å². The van der Waals surface area contributed by atoms with Crippen LogP contribution in [0.5, 0.6) is 11.5 Å². The number of hydrogen-bond donors (Lipinski definition) is 2. The largest absolute Gasteiger partial charge is 1.00 e. The number of carboxylic acid groups (broad SMARTS) is 2. The second-order valence-corrected chi connectivity index (χ2v) is 4.45. The quantitative estimate of drug-likeness (QED) is 0.521. The first-order valence-electron chi connectivity index (χ1n) is 5.95. The molecule has 6 nitrogen and oxygen atoms in total. The Kier molecular flexibility index (Phi) is 10.4. The van der Waals surface area contributed by atoms with Crippen molar-refractivity contribution < 1.29 is 133 Å². The SMILES string of the molecule is O=C([O-])c1cc(Cc2ccc(O)c(C(=O)[O-])c2)ccc1O.[K+].[K+]. The summed E-state index contributed by atoms with van der Waals surface area (Å²) in [6.07, 6.45) is 0.223. The van der Waals surface area contributed by atoms with Crippen LogP contribution in [0.1, 0.15) is 31.8 Å². The average molecular weight is 364 g/mol. The third kappa shape index (κ3) is 6.24. The van der Waals surface area contributed by atoms with Crippen LogP contribution < -0.4 is 113 Å². The molecule has 23 heavy (non-hydrogen) atoms. The van der Waals surface area contributed by atoms with E-state index in [-0.39, 0.29) is 120 Å². The molecule has 2 N–H and O–H groups in total. The van der Waals surface area contributed by atoms with Crippen LogP contribution in [-0.4, -0.2) is 22.2 Å². The molecule has 0 heterocycles. The second kappa shape index (κ2) is 10.3. The number of hydrogen-bond acceptors (Lipinski definition) is 6. The van der Waals surface area contributed by atoms with Crippen molar-refractivity contribution in [1.29, 1.82) is 0 Å². The maximum atomic E-state index is 10.8. The van der Waals surface area contributed by atoms with Crippen LogP contribution in [0.2, 0.25) is 0 Å². The topological polar surface area (TPSA) is 121 Å². The van der Waals surface area contributed by atoms with Gasteiger partial charge in [0, 0.05) is 11.1 Å². The van der Waals surface area contributed by atoms with Crippen molar-refractivity contribution in [2.75, 3.05) is 0 Å². The van der Waals surface area contributed by atoms with Crippen LogP contribution in [0.15, 0.2) is 36.4 Å². The van der Waals surface area contributed by atoms with Gasteiger partial charge in [0.1, 0.15) is 11.5 Å². The molecule has 0 aliphatic carbocycles. The fraction of sp³-hybridized carbons (Fsp3) is 0.0667. The van der Waals surface area contributed by atoms with Gasteiger partial charge in [0.25, 0.3) is 0 Å². The summed E-state index contributed by atoms with van der Waals surface area (Å²) in [6.45, 7) is 0. The molecule has 0 aliphatic heterocycles. The van der Waals surface area contributed by atoms with Gasteiger partial charge in [-0.1, -0.05) is 12.1 Å². The van der Waals surface area contributed by atoms with E-state index in [0.717, 1.165) is 0 Å². The second-order valence-electron chi connectivity index (χ2n) is 4.45. The summed E-state index contributed by atoms with van der Waals surface area (Å²) in [4.78, 5) is 21.6. The van der Waals surface area contributed by atoms with E-state index in [0.29, 0.717) is 11.1 Å². The van der Waals surface area contributed by atoms with Crippen LogP contribution in [0.3, 0.4) is 0 Å². The molecule has 0 bridgehead atoms. The molecule has 0 aliphatic rings. The molecule has 0 amide bonds. The molecule has 2 rings (SSSR count). The van der Waals surface area contributed by atoms with Crippen LogP contribution in [0.25, 0.3) is 0 Å². The van der Waals surface area contributed by atoms with E-state index in [9.17, 15) is 30.0 Å². The van der Waals surface area contributed by atoms with Crippen molar-refractivity contribution in [2.45, 2.75) is 6.42 Å². The van der Waals surface area contributed by atoms with Gasteiger partial charge in [-0.2, -0.15) is 0 Å². The predicted molar refractivity (Wildman–Crippen MR) is 67.7 cm³/mol. The van der Waals surface area contributed by atoms with Crippen LogP contribution in [0, 0.1) is 0 Å².